The van der Waals surface area contributed by atoms with Gasteiger partial charge in [-0.1, -0.05) is 91.0 Å². The predicted octanol–water partition coefficient (Wildman–Crippen LogP) is 3.44. The Hall–Kier alpha value is -0.391. The quantitative estimate of drug-likeness (QED) is 0.553. The third kappa shape index (κ3) is 3.83. The zero-order valence-electron chi connectivity index (χ0n) is 10.9. The Morgan fingerprint density at radius 1 is 0.400 bits per heavy atom. The first-order chi connectivity index (χ1) is 9.45. The molecule has 0 spiro atoms. The van der Waals surface area contributed by atoms with Crippen LogP contribution in [0.2, 0.25) is 0 Å². The number of hydrogen-bond donors (Lipinski definition) is 0. The van der Waals surface area contributed by atoms with Crippen LogP contribution in [0, 0.1) is 46.9 Å². The summed E-state index contributed by atoms with van der Waals surface area (Å²) in [4.78, 5) is 0. The minimum atomic E-state index is -0.446. The Balaban J connectivity index is 0.00000147. The third-order valence-corrected chi connectivity index (χ3v) is 5.49. The first-order valence-corrected chi connectivity index (χ1v) is 7.74. The van der Waals surface area contributed by atoms with Crippen LogP contribution in [0.15, 0.2) is 91.0 Å². The van der Waals surface area contributed by atoms with Gasteiger partial charge >= 0.3 is 0 Å². The molecule has 0 aliphatic carbocycles. The van der Waals surface area contributed by atoms with Gasteiger partial charge in [0.2, 0.25) is 0 Å². The molecule has 3 aromatic carbocycles. The van der Waals surface area contributed by atoms with Crippen LogP contribution in [0.4, 0.5) is 0 Å². The van der Waals surface area contributed by atoms with E-state index in [-0.39, 0.29) is 46.9 Å². The molecule has 106 valence electrons. The van der Waals surface area contributed by atoms with Crippen molar-refractivity contribution in [3.63, 3.8) is 0 Å². The molecule has 0 aliphatic rings. The maximum Gasteiger partial charge on any atom is 0 e. The predicted molar refractivity (Wildman–Crippen MR) is 85.1 cm³/mol. The van der Waals surface area contributed by atoms with Gasteiger partial charge in [0.15, 0.2) is 0 Å². The average Bonchev–Trinajstić information content (AvgIpc) is 2.51. The van der Waals surface area contributed by atoms with Crippen LogP contribution in [0.3, 0.4) is 0 Å². The summed E-state index contributed by atoms with van der Waals surface area (Å²) in [6.45, 7) is 0. The van der Waals surface area contributed by atoms with Crippen molar-refractivity contribution in [3.8, 4) is 0 Å². The van der Waals surface area contributed by atoms with Gasteiger partial charge in [-0.15, -0.1) is 0 Å². The van der Waals surface area contributed by atoms with Gasteiger partial charge in [0, 0.05) is 46.9 Å². The van der Waals surface area contributed by atoms with Crippen molar-refractivity contribution in [2.45, 2.75) is 0 Å². The molecule has 2 heteroatoms. The molecule has 0 amide bonds. The summed E-state index contributed by atoms with van der Waals surface area (Å²) in [5.41, 5.74) is 0. The van der Waals surface area contributed by atoms with Gasteiger partial charge in [0.25, 0.3) is 0 Å². The van der Waals surface area contributed by atoms with E-state index >= 15 is 0 Å². The summed E-state index contributed by atoms with van der Waals surface area (Å²) in [7, 11) is -0.446. The molecule has 0 radical (unpaired) electrons. The average molecular weight is 435 g/mol. The molecule has 0 nitrogen and oxygen atoms in total. The van der Waals surface area contributed by atoms with Crippen molar-refractivity contribution in [2.75, 3.05) is 0 Å². The van der Waals surface area contributed by atoms with E-state index in [0.717, 1.165) is 0 Å². The number of hydrogen-bond acceptors (Lipinski definition) is 0. The molecule has 0 aliphatic heterocycles. The first kappa shape index (κ1) is 16.0. The van der Waals surface area contributed by atoms with Crippen LogP contribution in [0.5, 0.6) is 0 Å². The molecule has 0 unspecified atom stereocenters. The smallest absolute Gasteiger partial charge is 0 e. The van der Waals surface area contributed by atoms with Gasteiger partial charge in [-0.3, -0.25) is 0 Å². The SMILES string of the molecule is [Yb].c1ccc(P(c2ccccc2)c2ccccc2)cc1. The molecule has 0 aromatic heterocycles. The van der Waals surface area contributed by atoms with E-state index in [4.69, 9.17) is 0 Å². The third-order valence-electron chi connectivity index (χ3n) is 3.04. The molecular weight excluding hydrogens is 420 g/mol. The molecule has 0 atom stereocenters. The zero-order valence-corrected chi connectivity index (χ0v) is 13.5. The van der Waals surface area contributed by atoms with E-state index in [9.17, 15) is 0 Å². The summed E-state index contributed by atoms with van der Waals surface area (Å²) in [5.74, 6) is 0. The van der Waals surface area contributed by atoms with E-state index in [0.29, 0.717) is 0 Å². The molecule has 0 fully saturated rings. The van der Waals surface area contributed by atoms with Gasteiger partial charge in [-0.05, 0) is 23.8 Å². The van der Waals surface area contributed by atoms with Crippen LogP contribution in [0.1, 0.15) is 0 Å². The van der Waals surface area contributed by atoms with Crippen molar-refractivity contribution in [1.29, 1.82) is 0 Å². The van der Waals surface area contributed by atoms with Crippen molar-refractivity contribution < 1.29 is 46.9 Å². The molecule has 3 aromatic rings. The summed E-state index contributed by atoms with van der Waals surface area (Å²) in [5, 5.41) is 4.19. The minimum absolute atomic E-state index is 0. The summed E-state index contributed by atoms with van der Waals surface area (Å²) in [6, 6.07) is 32.3. The van der Waals surface area contributed by atoms with Crippen LogP contribution < -0.4 is 15.9 Å². The molecule has 0 saturated heterocycles. The maximum atomic E-state index is 2.23. The van der Waals surface area contributed by atoms with Gasteiger partial charge in [-0.2, -0.15) is 0 Å². The molecule has 20 heavy (non-hydrogen) atoms. The van der Waals surface area contributed by atoms with Crippen LogP contribution in [0.25, 0.3) is 0 Å². The first-order valence-electron chi connectivity index (χ1n) is 6.40. The van der Waals surface area contributed by atoms with Gasteiger partial charge in [-0.25, -0.2) is 0 Å². The monoisotopic (exact) mass is 436 g/mol. The molecule has 3 rings (SSSR count). The van der Waals surface area contributed by atoms with Crippen LogP contribution in [-0.2, 0) is 0 Å². The van der Waals surface area contributed by atoms with Crippen LogP contribution >= 0.6 is 7.92 Å². The fourth-order valence-electron chi connectivity index (χ4n) is 2.18. The van der Waals surface area contributed by atoms with Crippen molar-refractivity contribution in [3.05, 3.63) is 91.0 Å². The Bertz CT molecular complexity index is 529. The van der Waals surface area contributed by atoms with E-state index in [2.05, 4.69) is 91.0 Å². The Morgan fingerprint density at radius 2 is 0.650 bits per heavy atom. The molecule has 0 N–H and O–H groups in total. The van der Waals surface area contributed by atoms with Gasteiger partial charge in [0.05, 0.1) is 0 Å². The Kier molecular flexibility index (Phi) is 6.52. The van der Waals surface area contributed by atoms with E-state index in [1.807, 2.05) is 0 Å². The summed E-state index contributed by atoms with van der Waals surface area (Å²) >= 11 is 0. The molecular formula is C18H15PYb. The topological polar surface area (TPSA) is 0 Å². The van der Waals surface area contributed by atoms with E-state index in [1.165, 1.54) is 15.9 Å². The fraction of sp³-hybridized carbons (Fsp3) is 0. The Labute approximate surface area is 160 Å². The molecule has 0 heterocycles. The van der Waals surface area contributed by atoms with E-state index in [1.54, 1.807) is 0 Å². The largest absolute Gasteiger partial charge is 0.0622 e. The second kappa shape index (κ2) is 8.15. The van der Waals surface area contributed by atoms with Gasteiger partial charge in [0.1, 0.15) is 0 Å². The Morgan fingerprint density at radius 3 is 0.900 bits per heavy atom. The fourth-order valence-corrected chi connectivity index (χ4v) is 4.48. The summed E-state index contributed by atoms with van der Waals surface area (Å²) in [6.07, 6.45) is 0. The number of benzene rings is 3. The normalized spacial score (nSPS) is 10.1. The van der Waals surface area contributed by atoms with Gasteiger partial charge < -0.3 is 0 Å². The minimum Gasteiger partial charge on any atom is -0.0622 e. The second-order valence-corrected chi connectivity index (χ2v) is 6.56. The molecule has 0 saturated carbocycles. The van der Waals surface area contributed by atoms with Crippen molar-refractivity contribution >= 4 is 23.8 Å². The zero-order chi connectivity index (χ0) is 12.9. The van der Waals surface area contributed by atoms with Crippen molar-refractivity contribution in [2.24, 2.45) is 0 Å². The molecule has 0 bridgehead atoms. The van der Waals surface area contributed by atoms with Crippen LogP contribution in [-0.4, -0.2) is 0 Å². The van der Waals surface area contributed by atoms with Crippen molar-refractivity contribution in [1.82, 2.24) is 0 Å². The second-order valence-electron chi connectivity index (χ2n) is 4.34. The van der Waals surface area contributed by atoms with E-state index < -0.39 is 7.92 Å². The standard InChI is InChI=1S/C18H15P.Yb/c1-4-10-16(11-5-1)19(17-12-6-2-7-13-17)18-14-8-3-9-15-18;/h1-15H;. The number of rotatable bonds is 3. The maximum absolute atomic E-state index is 2.23. The summed E-state index contributed by atoms with van der Waals surface area (Å²) < 4.78 is 0.